The van der Waals surface area contributed by atoms with Crippen LogP contribution in [0.5, 0.6) is 0 Å². The molecule has 0 atom stereocenters. The van der Waals surface area contributed by atoms with Gasteiger partial charge in [-0.25, -0.2) is 4.68 Å². The van der Waals surface area contributed by atoms with Crippen LogP contribution in [0, 0.1) is 5.92 Å². The van der Waals surface area contributed by atoms with Crippen molar-refractivity contribution >= 4 is 22.5 Å². The van der Waals surface area contributed by atoms with E-state index in [0.717, 1.165) is 12.1 Å². The Morgan fingerprint density at radius 3 is 2.50 bits per heavy atom. The van der Waals surface area contributed by atoms with E-state index in [1.165, 1.54) is 4.68 Å². The number of carbonyl (C=O) groups excluding carboxylic acids is 1. The molecule has 0 radical (unpaired) electrons. The van der Waals surface area contributed by atoms with Gasteiger partial charge in [0.25, 0.3) is 11.5 Å². The number of nitrogens with one attached hydrogen (secondary N) is 1. The second kappa shape index (κ2) is 7.11. The number of amides is 1. The number of aromatic nitrogens is 4. The molecular formula is C19H23N5O2. The number of nitrogens with zero attached hydrogens (tertiary/aromatic N) is 4. The molecule has 2 heterocycles. The van der Waals surface area contributed by atoms with E-state index in [4.69, 9.17) is 0 Å². The Hall–Kier alpha value is -2.96. The minimum Gasteiger partial charge on any atom is -0.305 e. The summed E-state index contributed by atoms with van der Waals surface area (Å²) in [6.45, 7) is 6.47. The molecule has 7 nitrogen and oxygen atoms in total. The van der Waals surface area contributed by atoms with Crippen molar-refractivity contribution < 1.29 is 4.79 Å². The van der Waals surface area contributed by atoms with Gasteiger partial charge in [0.05, 0.1) is 11.1 Å². The van der Waals surface area contributed by atoms with Gasteiger partial charge < -0.3 is 5.32 Å². The van der Waals surface area contributed by atoms with Gasteiger partial charge in [0.15, 0.2) is 5.69 Å². The highest BCUT2D eigenvalue weighted by atomic mass is 16.2. The standard InChI is InChI=1S/C19H23N5O2/c1-5-13-10-16(23(4)21-13)20-18(25)17-14-8-6-7-9-15(14)19(26)24(22-17)11-12(2)3/h6-10,12H,5,11H2,1-4H3,(H,20,25). The molecule has 0 aliphatic heterocycles. The van der Waals surface area contributed by atoms with E-state index < -0.39 is 0 Å². The van der Waals surface area contributed by atoms with Crippen LogP contribution in [-0.4, -0.2) is 25.5 Å². The molecule has 0 aliphatic carbocycles. The van der Waals surface area contributed by atoms with Crippen molar-refractivity contribution in [3.05, 3.63) is 52.1 Å². The summed E-state index contributed by atoms with van der Waals surface area (Å²) in [7, 11) is 1.78. The highest BCUT2D eigenvalue weighted by Gasteiger charge is 2.18. The summed E-state index contributed by atoms with van der Waals surface area (Å²) in [6.07, 6.45) is 0.782. The van der Waals surface area contributed by atoms with Gasteiger partial charge in [0, 0.05) is 25.0 Å². The molecule has 1 N–H and O–H groups in total. The zero-order valence-corrected chi connectivity index (χ0v) is 15.5. The molecule has 3 rings (SSSR count). The van der Waals surface area contributed by atoms with Crippen LogP contribution in [0.2, 0.25) is 0 Å². The minimum absolute atomic E-state index is 0.181. The van der Waals surface area contributed by atoms with Crippen LogP contribution in [0.4, 0.5) is 5.82 Å². The zero-order valence-electron chi connectivity index (χ0n) is 15.5. The van der Waals surface area contributed by atoms with E-state index in [9.17, 15) is 9.59 Å². The lowest BCUT2D eigenvalue weighted by molar-refractivity contribution is 0.102. The first-order valence-corrected chi connectivity index (χ1v) is 8.74. The van der Waals surface area contributed by atoms with Crippen LogP contribution in [0.25, 0.3) is 10.8 Å². The number of benzene rings is 1. The molecule has 7 heteroatoms. The molecule has 0 unspecified atom stereocenters. The van der Waals surface area contributed by atoms with Crippen LogP contribution in [-0.2, 0) is 20.0 Å². The number of fused-ring (bicyclic) bond motifs is 1. The number of hydrogen-bond acceptors (Lipinski definition) is 4. The first kappa shape index (κ1) is 17.8. The van der Waals surface area contributed by atoms with E-state index >= 15 is 0 Å². The third-order valence-corrected chi connectivity index (χ3v) is 4.16. The van der Waals surface area contributed by atoms with Crippen LogP contribution in [0.1, 0.15) is 37.0 Å². The highest BCUT2D eigenvalue weighted by Crippen LogP contribution is 2.16. The third kappa shape index (κ3) is 3.37. The van der Waals surface area contributed by atoms with Crippen molar-refractivity contribution in [1.82, 2.24) is 19.6 Å². The molecule has 0 bridgehead atoms. The monoisotopic (exact) mass is 353 g/mol. The first-order valence-electron chi connectivity index (χ1n) is 8.74. The van der Waals surface area contributed by atoms with Gasteiger partial charge >= 0.3 is 0 Å². The number of aryl methyl sites for hydroxylation is 2. The molecule has 0 saturated carbocycles. The first-order chi connectivity index (χ1) is 12.4. The molecule has 26 heavy (non-hydrogen) atoms. The predicted molar refractivity (Wildman–Crippen MR) is 101 cm³/mol. The lowest BCUT2D eigenvalue weighted by Crippen LogP contribution is -2.29. The van der Waals surface area contributed by atoms with E-state index in [1.807, 2.05) is 26.8 Å². The quantitative estimate of drug-likeness (QED) is 0.764. The highest BCUT2D eigenvalue weighted by molar-refractivity contribution is 6.10. The fraction of sp³-hybridized carbons (Fsp3) is 0.368. The van der Waals surface area contributed by atoms with Gasteiger partial charge in [-0.3, -0.25) is 14.3 Å². The summed E-state index contributed by atoms with van der Waals surface area (Å²) in [6, 6.07) is 8.90. The largest absolute Gasteiger partial charge is 0.305 e. The smallest absolute Gasteiger partial charge is 0.277 e. The summed E-state index contributed by atoms with van der Waals surface area (Å²) in [5, 5.41) is 12.6. The maximum atomic E-state index is 12.9. The topological polar surface area (TPSA) is 81.8 Å². The SMILES string of the molecule is CCc1cc(NC(=O)c2nn(CC(C)C)c(=O)c3ccccc23)n(C)n1. The molecule has 0 spiro atoms. The van der Waals surface area contributed by atoms with E-state index in [2.05, 4.69) is 15.5 Å². The van der Waals surface area contributed by atoms with Gasteiger partial charge in [-0.15, -0.1) is 0 Å². The maximum Gasteiger partial charge on any atom is 0.277 e. The van der Waals surface area contributed by atoms with Crippen molar-refractivity contribution in [1.29, 1.82) is 0 Å². The van der Waals surface area contributed by atoms with Gasteiger partial charge in [-0.2, -0.15) is 10.2 Å². The van der Waals surface area contributed by atoms with Gasteiger partial charge in [-0.05, 0) is 18.4 Å². The zero-order chi connectivity index (χ0) is 18.8. The number of hydrogen-bond donors (Lipinski definition) is 1. The molecule has 1 aromatic carbocycles. The fourth-order valence-electron chi connectivity index (χ4n) is 2.86. The van der Waals surface area contributed by atoms with Crippen molar-refractivity contribution in [2.75, 3.05) is 5.32 Å². The molecule has 136 valence electrons. The molecule has 3 aromatic rings. The van der Waals surface area contributed by atoms with E-state index in [1.54, 1.807) is 36.0 Å². The Morgan fingerprint density at radius 2 is 1.88 bits per heavy atom. The molecular weight excluding hydrogens is 330 g/mol. The van der Waals surface area contributed by atoms with Crippen LogP contribution >= 0.6 is 0 Å². The van der Waals surface area contributed by atoms with Gasteiger partial charge in [0.1, 0.15) is 5.82 Å². The molecule has 1 amide bonds. The lowest BCUT2D eigenvalue weighted by Gasteiger charge is -2.12. The molecule has 0 fully saturated rings. The predicted octanol–water partition coefficient (Wildman–Crippen LogP) is 2.60. The number of anilines is 1. The Kier molecular flexibility index (Phi) is 4.88. The Labute approximate surface area is 151 Å². The van der Waals surface area contributed by atoms with E-state index in [0.29, 0.717) is 23.1 Å². The van der Waals surface area contributed by atoms with Crippen molar-refractivity contribution in [2.45, 2.75) is 33.7 Å². The summed E-state index contributed by atoms with van der Waals surface area (Å²) < 4.78 is 3.01. The Morgan fingerprint density at radius 1 is 1.19 bits per heavy atom. The second-order valence-electron chi connectivity index (χ2n) is 6.73. The van der Waals surface area contributed by atoms with Crippen LogP contribution in [0.3, 0.4) is 0 Å². The third-order valence-electron chi connectivity index (χ3n) is 4.16. The Balaban J connectivity index is 2.07. The summed E-state index contributed by atoms with van der Waals surface area (Å²) >= 11 is 0. The van der Waals surface area contributed by atoms with Crippen LogP contribution in [0.15, 0.2) is 35.1 Å². The second-order valence-corrected chi connectivity index (χ2v) is 6.73. The Bertz CT molecular complexity index is 1020. The minimum atomic E-state index is -0.357. The average molecular weight is 353 g/mol. The van der Waals surface area contributed by atoms with Gasteiger partial charge in [0.2, 0.25) is 0 Å². The van der Waals surface area contributed by atoms with E-state index in [-0.39, 0.29) is 23.1 Å². The molecule has 2 aromatic heterocycles. The normalized spacial score (nSPS) is 11.3. The number of rotatable bonds is 5. The van der Waals surface area contributed by atoms with Crippen molar-refractivity contribution in [3.8, 4) is 0 Å². The van der Waals surface area contributed by atoms with Crippen molar-refractivity contribution in [2.24, 2.45) is 13.0 Å². The fourth-order valence-corrected chi connectivity index (χ4v) is 2.86. The van der Waals surface area contributed by atoms with Gasteiger partial charge in [-0.1, -0.05) is 39.0 Å². The summed E-state index contributed by atoms with van der Waals surface area (Å²) in [5.74, 6) is 0.477. The van der Waals surface area contributed by atoms with Crippen LogP contribution < -0.4 is 10.9 Å². The molecule has 0 saturated heterocycles. The lowest BCUT2D eigenvalue weighted by atomic mass is 10.1. The summed E-state index contributed by atoms with van der Waals surface area (Å²) in [5.41, 5.74) is 0.949. The average Bonchev–Trinajstić information content (AvgIpc) is 2.97. The van der Waals surface area contributed by atoms with Crippen molar-refractivity contribution in [3.63, 3.8) is 0 Å². The molecule has 0 aliphatic rings. The maximum absolute atomic E-state index is 12.9. The summed E-state index contributed by atoms with van der Waals surface area (Å²) in [4.78, 5) is 25.5. The number of carbonyl (C=O) groups is 1.